The molecule has 5 fully saturated rings. The van der Waals surface area contributed by atoms with Gasteiger partial charge in [-0.25, -0.2) is 9.59 Å². The molecular weight excluding hydrogens is 619 g/mol. The predicted octanol–water partition coefficient (Wildman–Crippen LogP) is 9.53. The Labute approximate surface area is 302 Å². The number of carboxylic acids is 1. The topological polar surface area (TPSA) is 72.9 Å². The van der Waals surface area contributed by atoms with Gasteiger partial charge in [0.2, 0.25) is 0 Å². The van der Waals surface area contributed by atoms with Crippen LogP contribution in [0.2, 0.25) is 0 Å². The SMILES string of the molecule is C=C(C)C1CCC2(NC(=O)N(C)CCN3CCCC3)CCC3(C)C(CCC4C5(C)CC=C(c6ccc(C(=O)O)cc6)C(C)(C)C5CCC43C)C12. The van der Waals surface area contributed by atoms with Crippen LogP contribution in [-0.4, -0.2) is 65.7 Å². The molecule has 0 radical (unpaired) electrons. The normalized spacial score (nSPS) is 40.5. The van der Waals surface area contributed by atoms with Crippen LogP contribution in [-0.2, 0) is 0 Å². The molecule has 274 valence electrons. The molecule has 0 spiro atoms. The number of carbonyl (C=O) groups is 2. The maximum absolute atomic E-state index is 13.9. The van der Waals surface area contributed by atoms with Gasteiger partial charge in [0.25, 0.3) is 0 Å². The number of allylic oxidation sites excluding steroid dienone is 3. The van der Waals surface area contributed by atoms with Gasteiger partial charge in [-0.2, -0.15) is 0 Å². The van der Waals surface area contributed by atoms with E-state index in [4.69, 9.17) is 0 Å². The number of carboxylic acid groups (broad SMARTS) is 1. The van der Waals surface area contributed by atoms with E-state index in [-0.39, 0.29) is 33.2 Å². The molecule has 1 aromatic carbocycles. The van der Waals surface area contributed by atoms with Crippen LogP contribution in [0.15, 0.2) is 42.5 Å². The van der Waals surface area contributed by atoms with Crippen molar-refractivity contribution in [2.75, 3.05) is 33.2 Å². The number of nitrogens with zero attached hydrogens (tertiary/aromatic N) is 2. The van der Waals surface area contributed by atoms with E-state index in [9.17, 15) is 14.7 Å². The highest BCUT2D eigenvalue weighted by Crippen LogP contribution is 2.76. The van der Waals surface area contributed by atoms with Crippen molar-refractivity contribution in [1.29, 1.82) is 0 Å². The molecule has 7 rings (SSSR count). The fourth-order valence-corrected chi connectivity index (χ4v) is 14.0. The Bertz CT molecular complexity index is 1540. The van der Waals surface area contributed by atoms with Crippen molar-refractivity contribution in [1.82, 2.24) is 15.1 Å². The fourth-order valence-electron chi connectivity index (χ4n) is 14.0. The first kappa shape index (κ1) is 35.8. The van der Waals surface area contributed by atoms with Gasteiger partial charge in [-0.3, -0.25) is 0 Å². The molecule has 9 atom stereocenters. The lowest BCUT2D eigenvalue weighted by Crippen LogP contribution is -2.68. The first-order valence-electron chi connectivity index (χ1n) is 20.0. The Morgan fingerprint density at radius 3 is 2.28 bits per heavy atom. The van der Waals surface area contributed by atoms with Crippen molar-refractivity contribution in [3.05, 3.63) is 53.6 Å². The standard InChI is InChI=1S/C44H65N3O3/c1-29(2)32-17-22-44(45-39(50)46(8)27-28-47-25-9-10-26-47)24-23-42(6)34(37(32)44)15-16-36-41(5)20-18-33(30-11-13-31(14-12-30)38(48)49)40(3,4)35(41)19-21-43(36,42)7/h11-14,18,32,34-37H,1,9-10,15-17,19-28H2,2-8H3,(H,45,50)(H,48,49). The summed E-state index contributed by atoms with van der Waals surface area (Å²) in [6, 6.07) is 7.70. The van der Waals surface area contributed by atoms with Crippen molar-refractivity contribution in [2.24, 2.45) is 51.2 Å². The number of hydrogen-bond donors (Lipinski definition) is 2. The van der Waals surface area contributed by atoms with Gasteiger partial charge < -0.3 is 20.2 Å². The van der Waals surface area contributed by atoms with Crippen LogP contribution in [0.5, 0.6) is 0 Å². The molecule has 50 heavy (non-hydrogen) atoms. The summed E-state index contributed by atoms with van der Waals surface area (Å²) in [5.74, 6) is 1.83. The zero-order valence-electron chi connectivity index (χ0n) is 32.2. The number of hydrogen-bond acceptors (Lipinski definition) is 3. The number of urea groups is 1. The molecule has 1 saturated heterocycles. The maximum atomic E-state index is 13.9. The number of aromatic carboxylic acids is 1. The first-order chi connectivity index (χ1) is 23.6. The van der Waals surface area contributed by atoms with E-state index in [1.165, 1.54) is 74.7 Å². The minimum absolute atomic E-state index is 0.000126. The van der Waals surface area contributed by atoms with Crippen LogP contribution in [0.1, 0.15) is 128 Å². The predicted molar refractivity (Wildman–Crippen MR) is 203 cm³/mol. The Kier molecular flexibility index (Phi) is 8.96. The molecule has 6 heteroatoms. The van der Waals surface area contributed by atoms with Crippen LogP contribution >= 0.6 is 0 Å². The highest BCUT2D eigenvalue weighted by Gasteiger charge is 2.70. The molecule has 2 N–H and O–H groups in total. The van der Waals surface area contributed by atoms with Gasteiger partial charge in [0.15, 0.2) is 0 Å². The van der Waals surface area contributed by atoms with Crippen LogP contribution in [0, 0.1) is 51.2 Å². The van der Waals surface area contributed by atoms with Gasteiger partial charge in [0.1, 0.15) is 0 Å². The highest BCUT2D eigenvalue weighted by molar-refractivity contribution is 5.88. The number of nitrogens with one attached hydrogen (secondary N) is 1. The molecule has 0 bridgehead atoms. The average Bonchev–Trinajstić information content (AvgIpc) is 3.72. The zero-order valence-corrected chi connectivity index (χ0v) is 32.2. The fraction of sp³-hybridized carbons (Fsp3) is 0.727. The minimum Gasteiger partial charge on any atom is -0.478 e. The number of carbonyl (C=O) groups excluding carboxylic acids is 1. The number of benzene rings is 1. The maximum Gasteiger partial charge on any atom is 0.335 e. The molecule has 5 aliphatic carbocycles. The van der Waals surface area contributed by atoms with Gasteiger partial charge in [-0.1, -0.05) is 65.0 Å². The third kappa shape index (κ3) is 5.35. The monoisotopic (exact) mass is 684 g/mol. The van der Waals surface area contributed by atoms with Crippen molar-refractivity contribution in [2.45, 2.75) is 118 Å². The number of fused-ring (bicyclic) bond motifs is 7. The number of likely N-dealkylation sites (tertiary alicyclic amines) is 1. The summed E-state index contributed by atoms with van der Waals surface area (Å²) in [6.07, 6.45) is 15.6. The molecule has 0 aromatic heterocycles. The summed E-state index contributed by atoms with van der Waals surface area (Å²) in [5.41, 5.74) is 4.73. The molecule has 1 aromatic rings. The van der Waals surface area contributed by atoms with Crippen LogP contribution in [0.25, 0.3) is 5.57 Å². The van der Waals surface area contributed by atoms with Crippen LogP contribution < -0.4 is 5.32 Å². The average molecular weight is 684 g/mol. The van der Waals surface area contributed by atoms with E-state index >= 15 is 0 Å². The minimum atomic E-state index is -0.869. The Morgan fingerprint density at radius 2 is 1.62 bits per heavy atom. The number of rotatable bonds is 7. The van der Waals surface area contributed by atoms with Gasteiger partial charge >= 0.3 is 12.0 Å². The van der Waals surface area contributed by atoms with Gasteiger partial charge in [0, 0.05) is 25.7 Å². The summed E-state index contributed by atoms with van der Waals surface area (Å²) in [4.78, 5) is 30.0. The van der Waals surface area contributed by atoms with Gasteiger partial charge in [0.05, 0.1) is 5.56 Å². The zero-order chi connectivity index (χ0) is 35.9. The van der Waals surface area contributed by atoms with Crippen molar-refractivity contribution in [3.8, 4) is 0 Å². The van der Waals surface area contributed by atoms with E-state index in [1.54, 1.807) is 12.1 Å². The molecule has 2 amide bonds. The third-order valence-corrected chi connectivity index (χ3v) is 16.7. The molecule has 4 saturated carbocycles. The van der Waals surface area contributed by atoms with Crippen molar-refractivity contribution >= 4 is 17.6 Å². The molecule has 1 heterocycles. The second kappa shape index (κ2) is 12.5. The molecule has 1 aliphatic heterocycles. The smallest absolute Gasteiger partial charge is 0.335 e. The van der Waals surface area contributed by atoms with E-state index in [0.29, 0.717) is 35.2 Å². The lowest BCUT2D eigenvalue weighted by Gasteiger charge is -2.72. The van der Waals surface area contributed by atoms with E-state index in [0.717, 1.165) is 38.8 Å². The quantitative estimate of drug-likeness (QED) is 0.281. The van der Waals surface area contributed by atoms with Crippen LogP contribution in [0.3, 0.4) is 0 Å². The summed E-state index contributed by atoms with van der Waals surface area (Å²) in [5, 5.41) is 13.3. The summed E-state index contributed by atoms with van der Waals surface area (Å²) < 4.78 is 0. The van der Waals surface area contributed by atoms with E-state index in [1.807, 2.05) is 24.1 Å². The Morgan fingerprint density at radius 1 is 0.920 bits per heavy atom. The van der Waals surface area contributed by atoms with Crippen LogP contribution in [0.4, 0.5) is 4.79 Å². The largest absolute Gasteiger partial charge is 0.478 e. The molecule has 9 unspecified atom stereocenters. The van der Waals surface area contributed by atoms with E-state index < -0.39 is 5.97 Å². The second-order valence-electron chi connectivity index (χ2n) is 19.2. The molecular formula is C44H65N3O3. The second-order valence-corrected chi connectivity index (χ2v) is 19.2. The van der Waals surface area contributed by atoms with Crippen molar-refractivity contribution < 1.29 is 14.7 Å². The third-order valence-electron chi connectivity index (χ3n) is 16.7. The van der Waals surface area contributed by atoms with Gasteiger partial charge in [-0.15, -0.1) is 0 Å². The Balaban J connectivity index is 1.16. The lowest BCUT2D eigenvalue weighted by molar-refractivity contribution is -0.218. The molecule has 6 aliphatic rings. The number of likely N-dealkylation sites (N-methyl/N-ethyl adjacent to an activating group) is 1. The van der Waals surface area contributed by atoms with Gasteiger partial charge in [-0.05, 0) is 165 Å². The number of amides is 2. The molecule has 6 nitrogen and oxygen atoms in total. The highest BCUT2D eigenvalue weighted by atomic mass is 16.4. The Hall–Kier alpha value is -2.60. The summed E-state index contributed by atoms with van der Waals surface area (Å²) in [7, 11) is 2.00. The summed E-state index contributed by atoms with van der Waals surface area (Å²) >= 11 is 0. The summed E-state index contributed by atoms with van der Waals surface area (Å²) in [6.45, 7) is 23.8. The lowest BCUT2D eigenvalue weighted by atomic mass is 9.33. The van der Waals surface area contributed by atoms with E-state index in [2.05, 4.69) is 64.4 Å². The first-order valence-corrected chi connectivity index (χ1v) is 20.0. The van der Waals surface area contributed by atoms with Crippen molar-refractivity contribution in [3.63, 3.8) is 0 Å².